The zero-order valence-electron chi connectivity index (χ0n) is 25.3. The van der Waals surface area contributed by atoms with Gasteiger partial charge in [0.2, 0.25) is 11.8 Å². The third-order valence-electron chi connectivity index (χ3n) is 8.22. The molecule has 0 bridgehead atoms. The molecule has 2 amide bonds. The van der Waals surface area contributed by atoms with Crippen LogP contribution in [0.2, 0.25) is 5.02 Å². The van der Waals surface area contributed by atoms with Gasteiger partial charge in [-0.05, 0) is 60.7 Å². The summed E-state index contributed by atoms with van der Waals surface area (Å²) < 4.78 is 29.3. The topological polar surface area (TPSA) is 86.8 Å². The normalized spacial score (nSPS) is 14.1. The molecule has 45 heavy (non-hydrogen) atoms. The van der Waals surface area contributed by atoms with Gasteiger partial charge in [0.1, 0.15) is 12.6 Å². The van der Waals surface area contributed by atoms with Crippen LogP contribution in [0.1, 0.15) is 42.4 Å². The first-order valence-corrected chi connectivity index (χ1v) is 17.1. The Labute approximate surface area is 270 Å². The van der Waals surface area contributed by atoms with Crippen LogP contribution in [0, 0.1) is 6.92 Å². The third-order valence-corrected chi connectivity index (χ3v) is 10.4. The standard InChI is InChI=1S/C36H38ClN3O4S/c1-27-21-22-31(24-33(27)37)40(45(43,44)32-19-9-4-10-20-32)26-35(41)39(25-29-15-7-3-8-16-29)34(23-28-13-5-2-6-14-28)36(42)38-30-17-11-12-18-30/h2-10,13-16,19-22,24,30,34H,11-12,17-18,23,25-26H2,1H3,(H,38,42)/t34-/m0/s1. The number of amides is 2. The number of aryl methyl sites for hydroxylation is 1. The molecule has 0 aromatic heterocycles. The second-order valence-corrected chi connectivity index (χ2v) is 13.7. The maximum Gasteiger partial charge on any atom is 0.264 e. The van der Waals surface area contributed by atoms with Gasteiger partial charge in [0, 0.05) is 24.0 Å². The molecule has 1 saturated carbocycles. The Kier molecular flexibility index (Phi) is 10.6. The molecular formula is C36H38ClN3O4S. The molecule has 1 N–H and O–H groups in total. The summed E-state index contributed by atoms with van der Waals surface area (Å²) in [5.74, 6) is -0.747. The second-order valence-electron chi connectivity index (χ2n) is 11.5. The number of carbonyl (C=O) groups excluding carboxylic acids is 2. The first kappa shape index (κ1) is 32.3. The van der Waals surface area contributed by atoms with Gasteiger partial charge < -0.3 is 10.2 Å². The number of rotatable bonds is 12. The summed E-state index contributed by atoms with van der Waals surface area (Å²) in [4.78, 5) is 30.2. The van der Waals surface area contributed by atoms with Gasteiger partial charge in [0.05, 0.1) is 10.6 Å². The molecule has 1 atom stereocenters. The average molecular weight is 644 g/mol. The first-order chi connectivity index (χ1) is 21.7. The minimum Gasteiger partial charge on any atom is -0.352 e. The summed E-state index contributed by atoms with van der Waals surface area (Å²) in [6, 6.07) is 31.1. The lowest BCUT2D eigenvalue weighted by atomic mass is 10.0. The Hall–Kier alpha value is -4.14. The van der Waals surface area contributed by atoms with Crippen LogP contribution in [0.3, 0.4) is 0 Å². The minimum atomic E-state index is -4.18. The van der Waals surface area contributed by atoms with Crippen molar-refractivity contribution in [2.45, 2.75) is 62.6 Å². The number of hydrogen-bond acceptors (Lipinski definition) is 4. The molecular weight excluding hydrogens is 606 g/mol. The molecule has 7 nitrogen and oxygen atoms in total. The van der Waals surface area contributed by atoms with E-state index in [0.717, 1.165) is 46.7 Å². The van der Waals surface area contributed by atoms with Crippen LogP contribution in [-0.4, -0.2) is 43.8 Å². The van der Waals surface area contributed by atoms with E-state index in [2.05, 4.69) is 5.32 Å². The van der Waals surface area contributed by atoms with Crippen molar-refractivity contribution in [2.24, 2.45) is 0 Å². The molecule has 0 radical (unpaired) electrons. The van der Waals surface area contributed by atoms with E-state index in [4.69, 9.17) is 11.6 Å². The van der Waals surface area contributed by atoms with Crippen molar-refractivity contribution in [3.8, 4) is 0 Å². The number of nitrogens with one attached hydrogen (secondary N) is 1. The van der Waals surface area contributed by atoms with Gasteiger partial charge in [-0.15, -0.1) is 0 Å². The summed E-state index contributed by atoms with van der Waals surface area (Å²) in [5, 5.41) is 3.57. The van der Waals surface area contributed by atoms with Crippen molar-refractivity contribution in [3.05, 3.63) is 131 Å². The number of sulfonamides is 1. The van der Waals surface area contributed by atoms with Gasteiger partial charge >= 0.3 is 0 Å². The van der Waals surface area contributed by atoms with Gasteiger partial charge in [-0.25, -0.2) is 8.42 Å². The number of halogens is 1. The molecule has 1 aliphatic rings. The highest BCUT2D eigenvalue weighted by Crippen LogP contribution is 2.29. The molecule has 4 aromatic rings. The van der Waals surface area contributed by atoms with Gasteiger partial charge in [0.25, 0.3) is 10.0 Å². The molecule has 0 aliphatic heterocycles. The fourth-order valence-corrected chi connectivity index (χ4v) is 7.29. The number of carbonyl (C=O) groups is 2. The zero-order valence-corrected chi connectivity index (χ0v) is 26.9. The monoisotopic (exact) mass is 643 g/mol. The zero-order chi connectivity index (χ0) is 31.8. The van der Waals surface area contributed by atoms with E-state index in [1.807, 2.05) is 67.6 Å². The van der Waals surface area contributed by atoms with E-state index in [1.165, 1.54) is 17.0 Å². The molecule has 1 fully saturated rings. The van der Waals surface area contributed by atoms with Crippen LogP contribution in [0.25, 0.3) is 0 Å². The van der Waals surface area contributed by atoms with Gasteiger partial charge in [-0.1, -0.05) is 109 Å². The van der Waals surface area contributed by atoms with E-state index in [9.17, 15) is 18.0 Å². The van der Waals surface area contributed by atoms with Gasteiger partial charge in [0.15, 0.2) is 0 Å². The van der Waals surface area contributed by atoms with Crippen molar-refractivity contribution >= 4 is 39.1 Å². The Balaban J connectivity index is 1.56. The number of benzene rings is 4. The summed E-state index contributed by atoms with van der Waals surface area (Å²) >= 11 is 6.45. The molecule has 9 heteroatoms. The fourth-order valence-electron chi connectivity index (χ4n) is 5.69. The second kappa shape index (κ2) is 14.8. The van der Waals surface area contributed by atoms with Crippen LogP contribution in [0.4, 0.5) is 5.69 Å². The predicted molar refractivity (Wildman–Crippen MR) is 178 cm³/mol. The van der Waals surface area contributed by atoms with Crippen LogP contribution in [0.5, 0.6) is 0 Å². The molecule has 5 rings (SSSR count). The highest BCUT2D eigenvalue weighted by atomic mass is 35.5. The summed E-state index contributed by atoms with van der Waals surface area (Å²) in [6.07, 6.45) is 4.17. The SMILES string of the molecule is Cc1ccc(N(CC(=O)N(Cc2ccccc2)[C@@H](Cc2ccccc2)C(=O)NC2CCCC2)S(=O)(=O)c2ccccc2)cc1Cl. The molecule has 4 aromatic carbocycles. The summed E-state index contributed by atoms with van der Waals surface area (Å²) in [7, 11) is -4.18. The lowest BCUT2D eigenvalue weighted by Crippen LogP contribution is -2.54. The van der Waals surface area contributed by atoms with Crippen molar-refractivity contribution in [3.63, 3.8) is 0 Å². The molecule has 0 unspecified atom stereocenters. The lowest BCUT2D eigenvalue weighted by molar-refractivity contribution is -0.140. The number of nitrogens with zero attached hydrogens (tertiary/aromatic N) is 2. The van der Waals surface area contributed by atoms with E-state index in [-0.39, 0.29) is 35.5 Å². The first-order valence-electron chi connectivity index (χ1n) is 15.2. The molecule has 0 saturated heterocycles. The highest BCUT2D eigenvalue weighted by molar-refractivity contribution is 7.92. The predicted octanol–water partition coefficient (Wildman–Crippen LogP) is 6.54. The third kappa shape index (κ3) is 8.12. The van der Waals surface area contributed by atoms with Gasteiger partial charge in [-0.3, -0.25) is 13.9 Å². The molecule has 0 heterocycles. The van der Waals surface area contributed by atoms with E-state index in [1.54, 1.807) is 36.4 Å². The fraction of sp³-hybridized carbons (Fsp3) is 0.278. The largest absolute Gasteiger partial charge is 0.352 e. The lowest BCUT2D eigenvalue weighted by Gasteiger charge is -2.34. The van der Waals surface area contributed by atoms with E-state index < -0.39 is 28.5 Å². The number of anilines is 1. The molecule has 0 spiro atoms. The molecule has 234 valence electrons. The van der Waals surface area contributed by atoms with Crippen LogP contribution in [0.15, 0.2) is 114 Å². The Morgan fingerprint density at radius 3 is 2.02 bits per heavy atom. The Morgan fingerprint density at radius 1 is 0.844 bits per heavy atom. The maximum atomic E-state index is 14.5. The maximum absolute atomic E-state index is 14.5. The van der Waals surface area contributed by atoms with Crippen LogP contribution >= 0.6 is 11.6 Å². The van der Waals surface area contributed by atoms with E-state index in [0.29, 0.717) is 5.02 Å². The van der Waals surface area contributed by atoms with Crippen molar-refractivity contribution < 1.29 is 18.0 Å². The quantitative estimate of drug-likeness (QED) is 0.190. The summed E-state index contributed by atoms with van der Waals surface area (Å²) in [6.45, 7) is 1.43. The van der Waals surface area contributed by atoms with Crippen LogP contribution < -0.4 is 9.62 Å². The smallest absolute Gasteiger partial charge is 0.264 e. The van der Waals surface area contributed by atoms with Crippen molar-refractivity contribution in [1.29, 1.82) is 0 Å². The summed E-state index contributed by atoms with van der Waals surface area (Å²) in [5.41, 5.74) is 2.76. The van der Waals surface area contributed by atoms with Crippen molar-refractivity contribution in [2.75, 3.05) is 10.8 Å². The highest BCUT2D eigenvalue weighted by Gasteiger charge is 2.35. The Morgan fingerprint density at radius 2 is 1.42 bits per heavy atom. The van der Waals surface area contributed by atoms with Crippen LogP contribution in [-0.2, 0) is 32.6 Å². The van der Waals surface area contributed by atoms with Crippen molar-refractivity contribution in [1.82, 2.24) is 10.2 Å². The minimum absolute atomic E-state index is 0.0453. The average Bonchev–Trinajstić information content (AvgIpc) is 3.57. The number of hydrogen-bond donors (Lipinski definition) is 1. The van der Waals surface area contributed by atoms with E-state index >= 15 is 0 Å². The Bertz CT molecular complexity index is 1700. The van der Waals surface area contributed by atoms with Gasteiger partial charge in [-0.2, -0.15) is 0 Å². The molecule has 1 aliphatic carbocycles.